The van der Waals surface area contributed by atoms with Crippen LogP contribution in [0.4, 0.5) is 5.82 Å². The van der Waals surface area contributed by atoms with Crippen molar-refractivity contribution in [3.05, 3.63) is 17.3 Å². The molecule has 82 valence electrons. The Labute approximate surface area is 93.4 Å². The SMILES string of the molecule is CN(C)C(=O)CCNc1ccc(Cl)nn1. The van der Waals surface area contributed by atoms with Crippen LogP contribution in [0.3, 0.4) is 0 Å². The molecule has 0 saturated heterocycles. The van der Waals surface area contributed by atoms with Crippen LogP contribution in [-0.4, -0.2) is 41.6 Å². The summed E-state index contributed by atoms with van der Waals surface area (Å²) >= 11 is 5.58. The van der Waals surface area contributed by atoms with Gasteiger partial charge in [0.15, 0.2) is 5.15 Å². The van der Waals surface area contributed by atoms with Gasteiger partial charge in [-0.3, -0.25) is 4.79 Å². The average molecular weight is 229 g/mol. The van der Waals surface area contributed by atoms with E-state index in [1.54, 1.807) is 31.1 Å². The summed E-state index contributed by atoms with van der Waals surface area (Å²) in [6.07, 6.45) is 0.428. The maximum Gasteiger partial charge on any atom is 0.223 e. The van der Waals surface area contributed by atoms with E-state index in [4.69, 9.17) is 11.6 Å². The second-order valence-corrected chi connectivity index (χ2v) is 3.59. The molecule has 0 saturated carbocycles. The first-order valence-electron chi connectivity index (χ1n) is 4.53. The Kier molecular flexibility index (Phi) is 4.30. The molecule has 0 aromatic carbocycles. The molecule has 1 heterocycles. The highest BCUT2D eigenvalue weighted by Crippen LogP contribution is 2.05. The first-order chi connectivity index (χ1) is 7.09. The molecule has 1 rings (SSSR count). The fourth-order valence-corrected chi connectivity index (χ4v) is 1.03. The molecule has 0 spiro atoms. The monoisotopic (exact) mass is 228 g/mol. The van der Waals surface area contributed by atoms with Gasteiger partial charge in [0.25, 0.3) is 0 Å². The van der Waals surface area contributed by atoms with Crippen molar-refractivity contribution in [1.82, 2.24) is 15.1 Å². The van der Waals surface area contributed by atoms with E-state index in [2.05, 4.69) is 15.5 Å². The topological polar surface area (TPSA) is 58.1 Å². The van der Waals surface area contributed by atoms with Crippen LogP contribution in [0.1, 0.15) is 6.42 Å². The zero-order chi connectivity index (χ0) is 11.3. The number of nitrogens with zero attached hydrogens (tertiary/aromatic N) is 3. The number of anilines is 1. The van der Waals surface area contributed by atoms with Crippen molar-refractivity contribution in [3.63, 3.8) is 0 Å². The molecule has 5 nitrogen and oxygen atoms in total. The van der Waals surface area contributed by atoms with Gasteiger partial charge in [0.1, 0.15) is 5.82 Å². The average Bonchev–Trinajstić information content (AvgIpc) is 2.20. The quantitative estimate of drug-likeness (QED) is 0.836. The van der Waals surface area contributed by atoms with Crippen LogP contribution in [0, 0.1) is 0 Å². The van der Waals surface area contributed by atoms with Gasteiger partial charge in [-0.05, 0) is 12.1 Å². The van der Waals surface area contributed by atoms with E-state index in [0.29, 0.717) is 23.9 Å². The van der Waals surface area contributed by atoms with Gasteiger partial charge in [-0.15, -0.1) is 10.2 Å². The Morgan fingerprint density at radius 3 is 2.73 bits per heavy atom. The van der Waals surface area contributed by atoms with Crippen LogP contribution >= 0.6 is 11.6 Å². The zero-order valence-corrected chi connectivity index (χ0v) is 9.45. The number of amides is 1. The number of hydrogen-bond acceptors (Lipinski definition) is 4. The Bertz CT molecular complexity index is 325. The van der Waals surface area contributed by atoms with E-state index in [0.717, 1.165) is 0 Å². The fourth-order valence-electron chi connectivity index (χ4n) is 0.931. The summed E-state index contributed by atoms with van der Waals surface area (Å²) in [5.74, 6) is 0.690. The molecule has 6 heteroatoms. The third-order valence-corrected chi connectivity index (χ3v) is 1.98. The molecule has 0 bridgehead atoms. The summed E-state index contributed by atoms with van der Waals surface area (Å²) in [6.45, 7) is 0.535. The van der Waals surface area contributed by atoms with Gasteiger partial charge in [-0.1, -0.05) is 11.6 Å². The Morgan fingerprint density at radius 2 is 2.20 bits per heavy atom. The Morgan fingerprint density at radius 1 is 1.47 bits per heavy atom. The minimum atomic E-state index is 0.0735. The number of halogens is 1. The highest BCUT2D eigenvalue weighted by Gasteiger charge is 2.03. The van der Waals surface area contributed by atoms with E-state index < -0.39 is 0 Å². The van der Waals surface area contributed by atoms with Gasteiger partial charge in [-0.2, -0.15) is 0 Å². The predicted molar refractivity (Wildman–Crippen MR) is 58.8 cm³/mol. The molecule has 0 radical (unpaired) electrons. The standard InChI is InChI=1S/C9H13ClN4O/c1-14(2)9(15)5-6-11-8-4-3-7(10)12-13-8/h3-4H,5-6H2,1-2H3,(H,11,13). The van der Waals surface area contributed by atoms with Crippen molar-refractivity contribution in [2.45, 2.75) is 6.42 Å². The molecule has 0 aliphatic rings. The van der Waals surface area contributed by atoms with Gasteiger partial charge in [0.2, 0.25) is 5.91 Å². The molecule has 15 heavy (non-hydrogen) atoms. The van der Waals surface area contributed by atoms with E-state index in [9.17, 15) is 4.79 Å². The molecule has 0 atom stereocenters. The normalized spacial score (nSPS) is 9.80. The van der Waals surface area contributed by atoms with Crippen LogP contribution in [0.25, 0.3) is 0 Å². The lowest BCUT2D eigenvalue weighted by atomic mass is 10.4. The van der Waals surface area contributed by atoms with Crippen molar-refractivity contribution < 1.29 is 4.79 Å². The number of nitrogens with one attached hydrogen (secondary N) is 1. The third kappa shape index (κ3) is 4.12. The summed E-state index contributed by atoms with van der Waals surface area (Å²) in [5, 5.41) is 10.8. The smallest absolute Gasteiger partial charge is 0.223 e. The Balaban J connectivity index is 2.32. The minimum Gasteiger partial charge on any atom is -0.368 e. The molecular formula is C9H13ClN4O. The molecule has 1 aromatic heterocycles. The molecule has 0 fully saturated rings. The Hall–Kier alpha value is -1.36. The molecular weight excluding hydrogens is 216 g/mol. The summed E-state index contributed by atoms with van der Waals surface area (Å²) in [7, 11) is 3.45. The summed E-state index contributed by atoms with van der Waals surface area (Å²) in [4.78, 5) is 12.8. The minimum absolute atomic E-state index is 0.0735. The van der Waals surface area contributed by atoms with Crippen molar-refractivity contribution in [3.8, 4) is 0 Å². The first-order valence-corrected chi connectivity index (χ1v) is 4.90. The van der Waals surface area contributed by atoms with Crippen molar-refractivity contribution in [2.24, 2.45) is 0 Å². The van der Waals surface area contributed by atoms with Crippen molar-refractivity contribution in [2.75, 3.05) is 26.0 Å². The van der Waals surface area contributed by atoms with Gasteiger partial charge in [0.05, 0.1) is 0 Å². The largest absolute Gasteiger partial charge is 0.368 e. The zero-order valence-electron chi connectivity index (χ0n) is 8.70. The lowest BCUT2D eigenvalue weighted by molar-refractivity contribution is -0.128. The molecule has 0 aliphatic heterocycles. The van der Waals surface area contributed by atoms with Crippen molar-refractivity contribution in [1.29, 1.82) is 0 Å². The van der Waals surface area contributed by atoms with Crippen LogP contribution in [0.15, 0.2) is 12.1 Å². The number of carbonyl (C=O) groups excluding carboxylic acids is 1. The number of aromatic nitrogens is 2. The van der Waals surface area contributed by atoms with E-state index in [-0.39, 0.29) is 5.91 Å². The first kappa shape index (κ1) is 11.7. The lowest BCUT2D eigenvalue weighted by Gasteiger charge is -2.10. The van der Waals surface area contributed by atoms with Gasteiger partial charge in [0, 0.05) is 27.1 Å². The number of rotatable bonds is 4. The van der Waals surface area contributed by atoms with Crippen LogP contribution in [0.5, 0.6) is 0 Å². The highest BCUT2D eigenvalue weighted by molar-refractivity contribution is 6.29. The molecule has 0 unspecified atom stereocenters. The van der Waals surface area contributed by atoms with E-state index in [1.165, 1.54) is 0 Å². The second kappa shape index (κ2) is 5.50. The molecule has 1 N–H and O–H groups in total. The van der Waals surface area contributed by atoms with Crippen molar-refractivity contribution >= 4 is 23.3 Å². The summed E-state index contributed by atoms with van der Waals surface area (Å²) in [6, 6.07) is 3.36. The third-order valence-electron chi connectivity index (χ3n) is 1.78. The molecule has 1 amide bonds. The van der Waals surface area contributed by atoms with Crippen LogP contribution in [0.2, 0.25) is 5.15 Å². The molecule has 1 aromatic rings. The van der Waals surface area contributed by atoms with Gasteiger partial charge >= 0.3 is 0 Å². The number of hydrogen-bond donors (Lipinski definition) is 1. The fraction of sp³-hybridized carbons (Fsp3) is 0.444. The van der Waals surface area contributed by atoms with Gasteiger partial charge < -0.3 is 10.2 Å². The lowest BCUT2D eigenvalue weighted by Crippen LogP contribution is -2.24. The predicted octanol–water partition coefficient (Wildman–Crippen LogP) is 1.02. The van der Waals surface area contributed by atoms with Gasteiger partial charge in [-0.25, -0.2) is 0 Å². The highest BCUT2D eigenvalue weighted by atomic mass is 35.5. The summed E-state index contributed by atoms with van der Waals surface area (Å²) < 4.78 is 0. The second-order valence-electron chi connectivity index (χ2n) is 3.21. The maximum atomic E-state index is 11.2. The summed E-state index contributed by atoms with van der Waals surface area (Å²) in [5.41, 5.74) is 0. The molecule has 0 aliphatic carbocycles. The van der Waals surface area contributed by atoms with Crippen LogP contribution < -0.4 is 5.32 Å². The van der Waals surface area contributed by atoms with E-state index >= 15 is 0 Å². The number of carbonyl (C=O) groups is 1. The van der Waals surface area contributed by atoms with Crippen LogP contribution in [-0.2, 0) is 4.79 Å². The maximum absolute atomic E-state index is 11.2. The van der Waals surface area contributed by atoms with E-state index in [1.807, 2.05) is 0 Å².